The van der Waals surface area contributed by atoms with Gasteiger partial charge in [-0.1, -0.05) is 83.3 Å². The Hall–Kier alpha value is -0.870. The van der Waals surface area contributed by atoms with E-state index in [2.05, 4.69) is 82.1 Å². The first-order valence-corrected chi connectivity index (χ1v) is 8.86. The van der Waals surface area contributed by atoms with Crippen LogP contribution in [0.5, 0.6) is 0 Å². The fourth-order valence-electron chi connectivity index (χ4n) is 2.69. The van der Waals surface area contributed by atoms with Crippen molar-refractivity contribution in [3.63, 3.8) is 0 Å². The molecule has 0 saturated heterocycles. The summed E-state index contributed by atoms with van der Waals surface area (Å²) in [5.74, 6) is 0. The van der Waals surface area contributed by atoms with Gasteiger partial charge in [0.05, 0.1) is 0 Å². The van der Waals surface area contributed by atoms with Gasteiger partial charge in [-0.05, 0) is 30.2 Å². The SMILES string of the molecule is CP(C(C)(C)C)C1(Cc2ccccc2)C=CCC=C1. The Morgan fingerprint density at radius 3 is 2.16 bits per heavy atom. The Kier molecular flexibility index (Phi) is 4.31. The summed E-state index contributed by atoms with van der Waals surface area (Å²) in [6.45, 7) is 9.59. The minimum atomic E-state index is -0.121. The zero-order valence-electron chi connectivity index (χ0n) is 12.6. The lowest BCUT2D eigenvalue weighted by Gasteiger charge is -2.43. The molecule has 1 aliphatic carbocycles. The van der Waals surface area contributed by atoms with E-state index in [9.17, 15) is 0 Å². The lowest BCUT2D eigenvalue weighted by Crippen LogP contribution is -2.32. The summed E-state index contributed by atoms with van der Waals surface area (Å²) >= 11 is 0. The Balaban J connectivity index is 2.33. The van der Waals surface area contributed by atoms with Gasteiger partial charge < -0.3 is 0 Å². The Morgan fingerprint density at radius 2 is 1.63 bits per heavy atom. The first-order chi connectivity index (χ1) is 8.94. The van der Waals surface area contributed by atoms with Crippen LogP contribution in [0.3, 0.4) is 0 Å². The molecule has 0 spiro atoms. The standard InChI is InChI=1S/C18H25P/c1-17(2,3)19(4)18(13-9-6-10-14-18)15-16-11-7-5-8-12-16/h5,7-14H,6,15H2,1-4H3. The molecular formula is C18H25P. The molecule has 1 aliphatic rings. The van der Waals surface area contributed by atoms with Crippen molar-refractivity contribution in [1.29, 1.82) is 0 Å². The van der Waals surface area contributed by atoms with Crippen LogP contribution in [0, 0.1) is 0 Å². The van der Waals surface area contributed by atoms with Crippen molar-refractivity contribution in [2.75, 3.05) is 6.66 Å². The van der Waals surface area contributed by atoms with Crippen molar-refractivity contribution in [2.24, 2.45) is 0 Å². The average molecular weight is 272 g/mol. The van der Waals surface area contributed by atoms with Gasteiger partial charge in [0.15, 0.2) is 0 Å². The third kappa shape index (κ3) is 3.37. The number of allylic oxidation sites excluding steroid dienone is 4. The van der Waals surface area contributed by atoms with Gasteiger partial charge in [-0.3, -0.25) is 0 Å². The normalized spacial score (nSPS) is 19.4. The molecule has 0 heterocycles. The summed E-state index contributed by atoms with van der Waals surface area (Å²) in [4.78, 5) is 0. The van der Waals surface area contributed by atoms with E-state index in [-0.39, 0.29) is 13.1 Å². The maximum atomic E-state index is 2.47. The Labute approximate surface area is 119 Å². The molecule has 0 bridgehead atoms. The first kappa shape index (κ1) is 14.5. The van der Waals surface area contributed by atoms with Crippen molar-refractivity contribution in [3.05, 3.63) is 60.2 Å². The molecular weight excluding hydrogens is 247 g/mol. The molecule has 102 valence electrons. The van der Waals surface area contributed by atoms with E-state index in [1.165, 1.54) is 5.56 Å². The van der Waals surface area contributed by atoms with Gasteiger partial charge in [-0.2, -0.15) is 0 Å². The van der Waals surface area contributed by atoms with Crippen LogP contribution in [0.2, 0.25) is 0 Å². The molecule has 0 aromatic heterocycles. The summed E-state index contributed by atoms with van der Waals surface area (Å²) in [6, 6.07) is 10.9. The van der Waals surface area contributed by atoms with Crippen molar-refractivity contribution >= 4 is 7.92 Å². The molecule has 0 aliphatic heterocycles. The highest BCUT2D eigenvalue weighted by molar-refractivity contribution is 7.60. The molecule has 1 heteroatoms. The Morgan fingerprint density at radius 1 is 1.05 bits per heavy atom. The summed E-state index contributed by atoms with van der Waals surface area (Å²) in [7, 11) is -0.121. The fourth-order valence-corrected chi connectivity index (χ4v) is 5.01. The van der Waals surface area contributed by atoms with Crippen molar-refractivity contribution in [1.82, 2.24) is 0 Å². The highest BCUT2D eigenvalue weighted by Gasteiger charge is 2.38. The van der Waals surface area contributed by atoms with Crippen molar-refractivity contribution in [2.45, 2.75) is 43.9 Å². The second kappa shape index (κ2) is 5.63. The lowest BCUT2D eigenvalue weighted by molar-refractivity contribution is 0.735. The maximum absolute atomic E-state index is 2.47. The molecule has 1 unspecified atom stereocenters. The highest BCUT2D eigenvalue weighted by atomic mass is 31.1. The monoisotopic (exact) mass is 272 g/mol. The van der Waals surface area contributed by atoms with E-state index >= 15 is 0 Å². The number of benzene rings is 1. The van der Waals surface area contributed by atoms with Gasteiger partial charge in [-0.25, -0.2) is 0 Å². The van der Waals surface area contributed by atoms with Crippen molar-refractivity contribution < 1.29 is 0 Å². The molecule has 1 aromatic carbocycles. The van der Waals surface area contributed by atoms with E-state index in [1.54, 1.807) is 0 Å². The third-order valence-corrected chi connectivity index (χ3v) is 7.76. The van der Waals surface area contributed by atoms with Gasteiger partial charge in [0.25, 0.3) is 0 Å². The zero-order valence-corrected chi connectivity index (χ0v) is 13.5. The second-order valence-corrected chi connectivity index (χ2v) is 9.72. The average Bonchev–Trinajstić information content (AvgIpc) is 2.39. The van der Waals surface area contributed by atoms with Crippen LogP contribution in [0.15, 0.2) is 54.6 Å². The van der Waals surface area contributed by atoms with Gasteiger partial charge in [0, 0.05) is 5.16 Å². The minimum absolute atomic E-state index is 0.121. The van der Waals surface area contributed by atoms with Gasteiger partial charge in [0.1, 0.15) is 0 Å². The van der Waals surface area contributed by atoms with Gasteiger partial charge in [0.2, 0.25) is 0 Å². The van der Waals surface area contributed by atoms with E-state index in [0.717, 1.165) is 12.8 Å². The van der Waals surface area contributed by atoms with Crippen LogP contribution in [0.1, 0.15) is 32.8 Å². The first-order valence-electron chi connectivity index (χ1n) is 7.07. The van der Waals surface area contributed by atoms with E-state index in [1.807, 2.05) is 0 Å². The summed E-state index contributed by atoms with van der Waals surface area (Å²) in [6.07, 6.45) is 11.8. The smallest absolute Gasteiger partial charge is 0.0305 e. The molecule has 0 nitrogen and oxygen atoms in total. The molecule has 0 radical (unpaired) electrons. The summed E-state index contributed by atoms with van der Waals surface area (Å²) < 4.78 is 0. The molecule has 0 amide bonds. The molecule has 19 heavy (non-hydrogen) atoms. The van der Waals surface area contributed by atoms with Crippen LogP contribution >= 0.6 is 7.92 Å². The predicted octanol–water partition coefficient (Wildman–Crippen LogP) is 5.39. The number of hydrogen-bond donors (Lipinski definition) is 0. The number of hydrogen-bond acceptors (Lipinski definition) is 0. The molecule has 1 atom stereocenters. The second-order valence-electron chi connectivity index (χ2n) is 6.42. The molecule has 1 aromatic rings. The van der Waals surface area contributed by atoms with E-state index < -0.39 is 0 Å². The molecule has 2 rings (SSSR count). The summed E-state index contributed by atoms with van der Waals surface area (Å²) in [5.41, 5.74) is 1.44. The quantitative estimate of drug-likeness (QED) is 0.511. The zero-order chi connectivity index (χ0) is 13.9. The van der Waals surface area contributed by atoms with E-state index in [0.29, 0.717) is 5.16 Å². The Bertz CT molecular complexity index is 450. The van der Waals surface area contributed by atoms with E-state index in [4.69, 9.17) is 0 Å². The topological polar surface area (TPSA) is 0 Å². The molecule has 0 saturated carbocycles. The largest absolute Gasteiger partial charge is 0.0897 e. The molecule has 0 fully saturated rings. The minimum Gasteiger partial charge on any atom is -0.0897 e. The van der Waals surface area contributed by atoms with Crippen LogP contribution in [-0.4, -0.2) is 17.0 Å². The predicted molar refractivity (Wildman–Crippen MR) is 88.4 cm³/mol. The fraction of sp³-hybridized carbons (Fsp3) is 0.444. The van der Waals surface area contributed by atoms with Gasteiger partial charge >= 0.3 is 0 Å². The van der Waals surface area contributed by atoms with Crippen LogP contribution in [0.25, 0.3) is 0 Å². The third-order valence-electron chi connectivity index (χ3n) is 4.05. The van der Waals surface area contributed by atoms with Crippen LogP contribution in [0.4, 0.5) is 0 Å². The summed E-state index contributed by atoms with van der Waals surface area (Å²) in [5, 5.41) is 0.601. The molecule has 0 N–H and O–H groups in total. The van der Waals surface area contributed by atoms with Crippen molar-refractivity contribution in [3.8, 4) is 0 Å². The van der Waals surface area contributed by atoms with Crippen LogP contribution < -0.4 is 0 Å². The highest BCUT2D eigenvalue weighted by Crippen LogP contribution is 2.60. The maximum Gasteiger partial charge on any atom is 0.0305 e. The lowest BCUT2D eigenvalue weighted by atomic mass is 9.94. The van der Waals surface area contributed by atoms with Crippen LogP contribution in [-0.2, 0) is 6.42 Å². The van der Waals surface area contributed by atoms with Gasteiger partial charge in [-0.15, -0.1) is 0 Å². The number of rotatable bonds is 3.